The number of anilines is 1. The molecule has 1 amide bonds. The summed E-state index contributed by atoms with van der Waals surface area (Å²) in [4.78, 5) is 27.5. The van der Waals surface area contributed by atoms with E-state index in [9.17, 15) is 14.9 Å². The van der Waals surface area contributed by atoms with Crippen LogP contribution >= 0.6 is 15.9 Å². The summed E-state index contributed by atoms with van der Waals surface area (Å²) in [6.07, 6.45) is 0.635. The second-order valence-electron chi connectivity index (χ2n) is 6.98. The SMILES string of the molecule is O=C1C(N2CCOC(c3ccc(Br)cc3)C2)CCN1c1cccc([N+](=O)[O-])c1. The summed E-state index contributed by atoms with van der Waals surface area (Å²) in [5, 5.41) is 11.0. The third-order valence-electron chi connectivity index (χ3n) is 5.31. The summed E-state index contributed by atoms with van der Waals surface area (Å²) in [5.41, 5.74) is 1.67. The molecule has 7 nitrogen and oxygen atoms in total. The molecule has 2 saturated heterocycles. The highest BCUT2D eigenvalue weighted by Gasteiger charge is 2.39. The van der Waals surface area contributed by atoms with Crippen molar-refractivity contribution in [3.8, 4) is 0 Å². The Morgan fingerprint density at radius 3 is 2.68 bits per heavy atom. The number of non-ortho nitro benzene ring substituents is 1. The Morgan fingerprint density at radius 1 is 1.14 bits per heavy atom. The van der Waals surface area contributed by atoms with Crippen molar-refractivity contribution in [3.05, 3.63) is 68.7 Å². The predicted molar refractivity (Wildman–Crippen MR) is 108 cm³/mol. The quantitative estimate of drug-likeness (QED) is 0.531. The fourth-order valence-corrected chi connectivity index (χ4v) is 4.13. The predicted octanol–water partition coefficient (Wildman–Crippen LogP) is 3.54. The molecule has 146 valence electrons. The number of morpholine rings is 1. The van der Waals surface area contributed by atoms with Gasteiger partial charge in [0.15, 0.2) is 0 Å². The lowest BCUT2D eigenvalue weighted by Gasteiger charge is -2.36. The molecule has 0 radical (unpaired) electrons. The van der Waals surface area contributed by atoms with Gasteiger partial charge in [0.1, 0.15) is 0 Å². The number of carbonyl (C=O) groups excluding carboxylic acids is 1. The third-order valence-corrected chi connectivity index (χ3v) is 5.84. The van der Waals surface area contributed by atoms with Crippen molar-refractivity contribution in [2.24, 2.45) is 0 Å². The zero-order valence-electron chi connectivity index (χ0n) is 15.2. The zero-order chi connectivity index (χ0) is 19.7. The molecule has 4 rings (SSSR count). The summed E-state index contributed by atoms with van der Waals surface area (Å²) >= 11 is 3.44. The van der Waals surface area contributed by atoms with Crippen LogP contribution in [0.25, 0.3) is 0 Å². The van der Waals surface area contributed by atoms with Crippen LogP contribution < -0.4 is 4.90 Å². The van der Waals surface area contributed by atoms with E-state index in [0.29, 0.717) is 38.3 Å². The fraction of sp³-hybridized carbons (Fsp3) is 0.350. The van der Waals surface area contributed by atoms with E-state index in [1.807, 2.05) is 24.3 Å². The lowest BCUT2D eigenvalue weighted by Crippen LogP contribution is -2.48. The van der Waals surface area contributed by atoms with E-state index in [4.69, 9.17) is 4.74 Å². The van der Waals surface area contributed by atoms with Gasteiger partial charge in [-0.15, -0.1) is 0 Å². The van der Waals surface area contributed by atoms with Crippen LogP contribution in [0.15, 0.2) is 53.0 Å². The van der Waals surface area contributed by atoms with Gasteiger partial charge in [-0.05, 0) is 30.2 Å². The number of ether oxygens (including phenoxy) is 1. The van der Waals surface area contributed by atoms with Crippen LogP contribution in [0.4, 0.5) is 11.4 Å². The van der Waals surface area contributed by atoms with Gasteiger partial charge in [-0.25, -0.2) is 0 Å². The van der Waals surface area contributed by atoms with Gasteiger partial charge in [0, 0.05) is 36.2 Å². The van der Waals surface area contributed by atoms with Crippen molar-refractivity contribution in [1.29, 1.82) is 0 Å². The van der Waals surface area contributed by atoms with Crippen molar-refractivity contribution >= 4 is 33.2 Å². The van der Waals surface area contributed by atoms with Crippen LogP contribution in [0.2, 0.25) is 0 Å². The average Bonchev–Trinajstić information content (AvgIpc) is 3.10. The first kappa shape index (κ1) is 19.0. The molecule has 0 N–H and O–H groups in total. The van der Waals surface area contributed by atoms with Gasteiger partial charge in [0.25, 0.3) is 5.69 Å². The molecule has 2 fully saturated rings. The van der Waals surface area contributed by atoms with Crippen LogP contribution in [0, 0.1) is 10.1 Å². The molecule has 2 aliphatic rings. The summed E-state index contributed by atoms with van der Waals surface area (Å²) in [5.74, 6) is -0.00282. The Morgan fingerprint density at radius 2 is 1.93 bits per heavy atom. The summed E-state index contributed by atoms with van der Waals surface area (Å²) < 4.78 is 6.94. The molecule has 8 heteroatoms. The highest BCUT2D eigenvalue weighted by atomic mass is 79.9. The smallest absolute Gasteiger partial charge is 0.271 e. The number of hydrogen-bond donors (Lipinski definition) is 0. The van der Waals surface area contributed by atoms with E-state index in [2.05, 4.69) is 20.8 Å². The molecule has 2 heterocycles. The number of amides is 1. The number of carbonyl (C=O) groups is 1. The Bertz CT molecular complexity index is 889. The number of nitro groups is 1. The van der Waals surface area contributed by atoms with Gasteiger partial charge in [-0.1, -0.05) is 34.1 Å². The average molecular weight is 446 g/mol. The number of nitro benzene ring substituents is 1. The number of hydrogen-bond acceptors (Lipinski definition) is 5. The number of benzene rings is 2. The third kappa shape index (κ3) is 3.80. The van der Waals surface area contributed by atoms with E-state index < -0.39 is 4.92 Å². The largest absolute Gasteiger partial charge is 0.371 e. The topological polar surface area (TPSA) is 75.9 Å². The number of halogens is 1. The number of rotatable bonds is 4. The Balaban J connectivity index is 1.48. The van der Waals surface area contributed by atoms with Crippen molar-refractivity contribution in [2.75, 3.05) is 31.1 Å². The number of nitrogens with zero attached hydrogens (tertiary/aromatic N) is 3. The van der Waals surface area contributed by atoms with Crippen LogP contribution in [0.3, 0.4) is 0 Å². The maximum absolute atomic E-state index is 13.0. The minimum absolute atomic E-state index is 0.00282. The Labute approximate surface area is 171 Å². The van der Waals surface area contributed by atoms with E-state index in [0.717, 1.165) is 10.0 Å². The first-order valence-corrected chi connectivity index (χ1v) is 9.99. The molecule has 2 atom stereocenters. The molecule has 2 aliphatic heterocycles. The normalized spacial score (nSPS) is 23.2. The fourth-order valence-electron chi connectivity index (χ4n) is 3.87. The standard InChI is InChI=1S/C20H20BrN3O4/c21-15-6-4-14(5-7-15)19-13-22(10-11-28-19)18-8-9-23(20(18)25)16-2-1-3-17(12-16)24(26)27/h1-7,12,18-19H,8-11,13H2. The maximum Gasteiger partial charge on any atom is 0.271 e. The van der Waals surface area contributed by atoms with Gasteiger partial charge in [0.2, 0.25) is 5.91 Å². The second kappa shape index (κ2) is 7.98. The summed E-state index contributed by atoms with van der Waals surface area (Å²) in [6, 6.07) is 14.1. The molecule has 0 bridgehead atoms. The Kier molecular flexibility index (Phi) is 5.43. The molecular weight excluding hydrogens is 426 g/mol. The lowest BCUT2D eigenvalue weighted by molar-refractivity contribution is -0.384. The van der Waals surface area contributed by atoms with E-state index in [-0.39, 0.29) is 23.7 Å². The van der Waals surface area contributed by atoms with Crippen LogP contribution in [-0.2, 0) is 9.53 Å². The van der Waals surface area contributed by atoms with Crippen molar-refractivity contribution in [1.82, 2.24) is 4.90 Å². The summed E-state index contributed by atoms with van der Waals surface area (Å²) in [7, 11) is 0. The zero-order valence-corrected chi connectivity index (χ0v) is 16.7. The highest BCUT2D eigenvalue weighted by Crippen LogP contribution is 2.30. The van der Waals surface area contributed by atoms with Gasteiger partial charge in [0.05, 0.1) is 29.4 Å². The van der Waals surface area contributed by atoms with Gasteiger partial charge < -0.3 is 9.64 Å². The second-order valence-corrected chi connectivity index (χ2v) is 7.89. The van der Waals surface area contributed by atoms with Crippen molar-refractivity contribution in [3.63, 3.8) is 0 Å². The molecule has 0 aromatic heterocycles. The molecule has 2 aromatic rings. The van der Waals surface area contributed by atoms with E-state index in [1.54, 1.807) is 17.0 Å². The monoisotopic (exact) mass is 445 g/mol. The van der Waals surface area contributed by atoms with Crippen molar-refractivity contribution < 1.29 is 14.5 Å². The molecular formula is C20H20BrN3O4. The van der Waals surface area contributed by atoms with Crippen LogP contribution in [0.5, 0.6) is 0 Å². The maximum atomic E-state index is 13.0. The van der Waals surface area contributed by atoms with Gasteiger partial charge in [-0.3, -0.25) is 19.8 Å². The lowest BCUT2D eigenvalue weighted by atomic mass is 10.1. The highest BCUT2D eigenvalue weighted by molar-refractivity contribution is 9.10. The Hall–Kier alpha value is -2.29. The van der Waals surface area contributed by atoms with E-state index >= 15 is 0 Å². The molecule has 0 aliphatic carbocycles. The van der Waals surface area contributed by atoms with Gasteiger partial charge in [-0.2, -0.15) is 0 Å². The van der Waals surface area contributed by atoms with E-state index in [1.165, 1.54) is 12.1 Å². The molecule has 28 heavy (non-hydrogen) atoms. The summed E-state index contributed by atoms with van der Waals surface area (Å²) in [6.45, 7) is 2.49. The first-order valence-electron chi connectivity index (χ1n) is 9.20. The van der Waals surface area contributed by atoms with Crippen LogP contribution in [-0.4, -0.2) is 48.0 Å². The first-order chi connectivity index (χ1) is 13.5. The minimum Gasteiger partial charge on any atom is -0.371 e. The van der Waals surface area contributed by atoms with Gasteiger partial charge >= 0.3 is 0 Å². The minimum atomic E-state index is -0.438. The molecule has 2 unspecified atom stereocenters. The molecule has 0 saturated carbocycles. The molecule has 0 spiro atoms. The van der Waals surface area contributed by atoms with Crippen molar-refractivity contribution in [2.45, 2.75) is 18.6 Å². The van der Waals surface area contributed by atoms with Crippen LogP contribution in [0.1, 0.15) is 18.1 Å². The molecule has 2 aromatic carbocycles.